The quantitative estimate of drug-likeness (QED) is 0.683. The molecule has 26 heavy (non-hydrogen) atoms. The molecule has 0 atom stereocenters. The zero-order valence-corrected chi connectivity index (χ0v) is 14.7. The van der Waals surface area contributed by atoms with Crippen molar-refractivity contribution in [1.29, 1.82) is 5.26 Å². The second kappa shape index (κ2) is 7.83. The summed E-state index contributed by atoms with van der Waals surface area (Å²) in [6.45, 7) is 0. The van der Waals surface area contributed by atoms with E-state index in [-0.39, 0.29) is 11.5 Å². The summed E-state index contributed by atoms with van der Waals surface area (Å²) in [5, 5.41) is 15.3. The van der Waals surface area contributed by atoms with Gasteiger partial charge in [-0.25, -0.2) is 9.97 Å². The van der Waals surface area contributed by atoms with Crippen LogP contribution in [0.5, 0.6) is 0 Å². The van der Waals surface area contributed by atoms with Crippen LogP contribution in [0.15, 0.2) is 54.9 Å². The van der Waals surface area contributed by atoms with E-state index in [0.29, 0.717) is 27.2 Å². The number of carbonyl (C=O) groups excluding carboxylic acids is 1. The van der Waals surface area contributed by atoms with Crippen LogP contribution in [-0.2, 0) is 0 Å². The molecular weight excluding hydrogens is 373 g/mol. The van der Waals surface area contributed by atoms with Crippen molar-refractivity contribution < 1.29 is 4.79 Å². The van der Waals surface area contributed by atoms with Gasteiger partial charge in [-0.1, -0.05) is 23.2 Å². The number of nitrogens with zero attached hydrogens (tertiary/aromatic N) is 3. The second-order valence-electron chi connectivity index (χ2n) is 5.19. The van der Waals surface area contributed by atoms with Crippen molar-refractivity contribution in [1.82, 2.24) is 9.97 Å². The fourth-order valence-electron chi connectivity index (χ4n) is 2.05. The van der Waals surface area contributed by atoms with Gasteiger partial charge in [0.15, 0.2) is 0 Å². The number of carbonyl (C=O) groups is 1. The Morgan fingerprint density at radius 1 is 1.04 bits per heavy atom. The Morgan fingerprint density at radius 3 is 2.35 bits per heavy atom. The number of amides is 1. The molecule has 3 rings (SSSR count). The van der Waals surface area contributed by atoms with E-state index in [2.05, 4.69) is 20.6 Å². The van der Waals surface area contributed by atoms with Gasteiger partial charge in [0.2, 0.25) is 5.95 Å². The highest BCUT2D eigenvalue weighted by Gasteiger charge is 2.10. The van der Waals surface area contributed by atoms with Crippen molar-refractivity contribution in [3.05, 3.63) is 76.0 Å². The minimum Gasteiger partial charge on any atom is -0.324 e. The molecule has 0 saturated heterocycles. The summed E-state index contributed by atoms with van der Waals surface area (Å²) in [6, 6.07) is 13.7. The van der Waals surface area contributed by atoms with Crippen LogP contribution in [0.1, 0.15) is 15.9 Å². The van der Waals surface area contributed by atoms with Crippen LogP contribution in [-0.4, -0.2) is 15.9 Å². The van der Waals surface area contributed by atoms with Crippen molar-refractivity contribution in [3.63, 3.8) is 0 Å². The molecule has 0 aliphatic heterocycles. The number of halogens is 2. The lowest BCUT2D eigenvalue weighted by molar-refractivity contribution is 0.102. The molecular formula is C18H11Cl2N5O. The first kappa shape index (κ1) is 17.7. The highest BCUT2D eigenvalue weighted by atomic mass is 35.5. The second-order valence-corrected chi connectivity index (χ2v) is 6.03. The zero-order valence-electron chi connectivity index (χ0n) is 13.2. The molecule has 2 aromatic carbocycles. The van der Waals surface area contributed by atoms with E-state index in [1.807, 2.05) is 6.07 Å². The summed E-state index contributed by atoms with van der Waals surface area (Å²) in [7, 11) is 0. The largest absolute Gasteiger partial charge is 0.324 e. The number of benzene rings is 2. The average Bonchev–Trinajstić information content (AvgIpc) is 2.65. The third-order valence-corrected chi connectivity index (χ3v) is 3.91. The van der Waals surface area contributed by atoms with Gasteiger partial charge in [-0.3, -0.25) is 4.79 Å². The van der Waals surface area contributed by atoms with Gasteiger partial charge < -0.3 is 10.6 Å². The van der Waals surface area contributed by atoms with Gasteiger partial charge in [0, 0.05) is 23.1 Å². The lowest BCUT2D eigenvalue weighted by Gasteiger charge is -2.08. The standard InChI is InChI=1S/C18H11Cl2N5O/c19-13-3-6-16(15(20)7-13)25-17(26)12-9-22-18(23-10-12)24-14-4-1-11(8-21)2-5-14/h1-7,9-10H,(H,25,26)(H,22,23,24). The SMILES string of the molecule is N#Cc1ccc(Nc2ncc(C(=O)Nc3ccc(Cl)cc3Cl)cn2)cc1. The van der Waals surface area contributed by atoms with Gasteiger partial charge >= 0.3 is 0 Å². The number of anilines is 3. The fraction of sp³-hybridized carbons (Fsp3) is 0. The summed E-state index contributed by atoms with van der Waals surface area (Å²) in [5.41, 5.74) is 2.01. The Balaban J connectivity index is 1.68. The van der Waals surface area contributed by atoms with E-state index in [0.717, 1.165) is 5.69 Å². The molecule has 0 fully saturated rings. The molecule has 0 aliphatic carbocycles. The Hall–Kier alpha value is -3.14. The molecule has 0 radical (unpaired) electrons. The minimum atomic E-state index is -0.390. The van der Waals surface area contributed by atoms with Crippen LogP contribution in [0.2, 0.25) is 10.0 Å². The molecule has 1 amide bonds. The van der Waals surface area contributed by atoms with Gasteiger partial charge in [-0.15, -0.1) is 0 Å². The molecule has 0 aliphatic rings. The number of rotatable bonds is 4. The van der Waals surface area contributed by atoms with Crippen molar-refractivity contribution in [2.75, 3.05) is 10.6 Å². The Kier molecular flexibility index (Phi) is 5.32. The van der Waals surface area contributed by atoms with E-state index in [4.69, 9.17) is 28.5 Å². The number of aromatic nitrogens is 2. The smallest absolute Gasteiger partial charge is 0.258 e. The normalized spacial score (nSPS) is 10.0. The average molecular weight is 384 g/mol. The maximum absolute atomic E-state index is 12.3. The molecule has 0 unspecified atom stereocenters. The summed E-state index contributed by atoms with van der Waals surface area (Å²) >= 11 is 11.9. The van der Waals surface area contributed by atoms with Gasteiger partial charge in [-0.2, -0.15) is 5.26 Å². The lowest BCUT2D eigenvalue weighted by atomic mass is 10.2. The van der Waals surface area contributed by atoms with Crippen LogP contribution in [0.4, 0.5) is 17.3 Å². The Bertz CT molecular complexity index is 982. The highest BCUT2D eigenvalue weighted by Crippen LogP contribution is 2.25. The molecule has 6 nitrogen and oxygen atoms in total. The molecule has 0 saturated carbocycles. The molecule has 0 spiro atoms. The zero-order chi connectivity index (χ0) is 18.5. The van der Waals surface area contributed by atoms with E-state index < -0.39 is 0 Å². The van der Waals surface area contributed by atoms with Gasteiger partial charge in [0.05, 0.1) is 27.9 Å². The number of hydrogen-bond acceptors (Lipinski definition) is 5. The van der Waals surface area contributed by atoms with Crippen molar-refractivity contribution >= 4 is 46.4 Å². The maximum atomic E-state index is 12.3. The number of nitrogens with one attached hydrogen (secondary N) is 2. The van der Waals surface area contributed by atoms with Crippen LogP contribution in [0, 0.1) is 11.3 Å². The van der Waals surface area contributed by atoms with E-state index >= 15 is 0 Å². The third-order valence-electron chi connectivity index (χ3n) is 3.36. The highest BCUT2D eigenvalue weighted by molar-refractivity contribution is 6.36. The summed E-state index contributed by atoms with van der Waals surface area (Å²) in [6.07, 6.45) is 2.80. The first-order valence-electron chi connectivity index (χ1n) is 7.41. The molecule has 128 valence electrons. The van der Waals surface area contributed by atoms with E-state index in [1.54, 1.807) is 42.5 Å². The summed E-state index contributed by atoms with van der Waals surface area (Å²) in [4.78, 5) is 20.5. The summed E-state index contributed by atoms with van der Waals surface area (Å²) in [5.74, 6) is -0.0603. The predicted octanol–water partition coefficient (Wildman–Crippen LogP) is 4.65. The molecule has 0 bridgehead atoms. The van der Waals surface area contributed by atoms with Gasteiger partial charge in [-0.05, 0) is 42.5 Å². The monoisotopic (exact) mass is 383 g/mol. The molecule has 1 aromatic heterocycles. The molecule has 2 N–H and O–H groups in total. The van der Waals surface area contributed by atoms with Gasteiger partial charge in [0.25, 0.3) is 5.91 Å². The van der Waals surface area contributed by atoms with E-state index in [9.17, 15) is 4.79 Å². The number of hydrogen-bond donors (Lipinski definition) is 2. The summed E-state index contributed by atoms with van der Waals surface area (Å²) < 4.78 is 0. The van der Waals surface area contributed by atoms with E-state index in [1.165, 1.54) is 12.4 Å². The van der Waals surface area contributed by atoms with Gasteiger partial charge in [0.1, 0.15) is 0 Å². The molecule has 3 aromatic rings. The predicted molar refractivity (Wildman–Crippen MR) is 101 cm³/mol. The Morgan fingerprint density at radius 2 is 1.73 bits per heavy atom. The molecule has 8 heteroatoms. The van der Waals surface area contributed by atoms with Crippen molar-refractivity contribution in [2.24, 2.45) is 0 Å². The van der Waals surface area contributed by atoms with Crippen LogP contribution in [0.25, 0.3) is 0 Å². The topological polar surface area (TPSA) is 90.7 Å². The first-order valence-corrected chi connectivity index (χ1v) is 8.16. The van der Waals surface area contributed by atoms with Crippen LogP contribution >= 0.6 is 23.2 Å². The molecule has 1 heterocycles. The number of nitriles is 1. The third kappa shape index (κ3) is 4.28. The van der Waals surface area contributed by atoms with Crippen LogP contribution < -0.4 is 10.6 Å². The van der Waals surface area contributed by atoms with Crippen molar-refractivity contribution in [2.45, 2.75) is 0 Å². The minimum absolute atomic E-state index is 0.279. The lowest BCUT2D eigenvalue weighted by Crippen LogP contribution is -2.13. The fourth-order valence-corrected chi connectivity index (χ4v) is 2.51. The van der Waals surface area contributed by atoms with Crippen molar-refractivity contribution in [3.8, 4) is 6.07 Å². The first-order chi connectivity index (χ1) is 12.5. The van der Waals surface area contributed by atoms with Crippen LogP contribution in [0.3, 0.4) is 0 Å². The maximum Gasteiger partial charge on any atom is 0.258 e. The Labute approximate surface area is 159 Å².